The van der Waals surface area contributed by atoms with E-state index in [1.165, 1.54) is 12.7 Å². The summed E-state index contributed by atoms with van der Waals surface area (Å²) in [6, 6.07) is 8.07. The molecule has 0 heterocycles. The predicted octanol–water partition coefficient (Wildman–Crippen LogP) is 2.13. The van der Waals surface area contributed by atoms with Crippen molar-refractivity contribution in [2.24, 2.45) is 0 Å². The Hall–Kier alpha value is -1.55. The van der Waals surface area contributed by atoms with Crippen molar-refractivity contribution in [3.8, 4) is 5.75 Å². The zero-order valence-electron chi connectivity index (χ0n) is 12.2. The van der Waals surface area contributed by atoms with Crippen LogP contribution in [0.5, 0.6) is 5.75 Å². The van der Waals surface area contributed by atoms with Crippen LogP contribution in [0.4, 0.5) is 0 Å². The molecule has 0 bridgehead atoms. The van der Waals surface area contributed by atoms with Gasteiger partial charge in [0.15, 0.2) is 0 Å². The standard InChI is InChI=1S/C15H23NO3/c1-5-19-13-8-6-12(7-9-13)15(2,3)11-16-10-14(17)18-4/h6-9,16H,5,10-11H2,1-4H3. The molecule has 0 aliphatic rings. The van der Waals surface area contributed by atoms with Crippen molar-refractivity contribution in [3.05, 3.63) is 29.8 Å². The Kier molecular flexibility index (Phi) is 5.83. The molecule has 0 unspecified atom stereocenters. The van der Waals surface area contributed by atoms with Crippen molar-refractivity contribution < 1.29 is 14.3 Å². The van der Waals surface area contributed by atoms with Gasteiger partial charge in [-0.25, -0.2) is 0 Å². The minimum absolute atomic E-state index is 0.0568. The van der Waals surface area contributed by atoms with Gasteiger partial charge >= 0.3 is 5.97 Å². The van der Waals surface area contributed by atoms with Gasteiger partial charge in [-0.15, -0.1) is 0 Å². The van der Waals surface area contributed by atoms with E-state index in [0.717, 1.165) is 5.75 Å². The monoisotopic (exact) mass is 265 g/mol. The maximum atomic E-state index is 11.0. The summed E-state index contributed by atoms with van der Waals surface area (Å²) in [6.07, 6.45) is 0. The first-order valence-corrected chi connectivity index (χ1v) is 6.50. The summed E-state index contributed by atoms with van der Waals surface area (Å²) in [7, 11) is 1.39. The highest BCUT2D eigenvalue weighted by molar-refractivity contribution is 5.71. The van der Waals surface area contributed by atoms with Crippen LogP contribution in [0, 0.1) is 0 Å². The van der Waals surface area contributed by atoms with Crippen molar-refractivity contribution in [2.45, 2.75) is 26.2 Å². The number of rotatable bonds is 7. The normalized spacial score (nSPS) is 11.2. The van der Waals surface area contributed by atoms with Crippen molar-refractivity contribution in [3.63, 3.8) is 0 Å². The van der Waals surface area contributed by atoms with Crippen molar-refractivity contribution in [2.75, 3.05) is 26.8 Å². The third kappa shape index (κ3) is 4.91. The maximum absolute atomic E-state index is 11.0. The molecule has 0 atom stereocenters. The molecule has 19 heavy (non-hydrogen) atoms. The van der Waals surface area contributed by atoms with E-state index >= 15 is 0 Å². The highest BCUT2D eigenvalue weighted by Gasteiger charge is 2.20. The number of carbonyl (C=O) groups excluding carboxylic acids is 1. The first-order chi connectivity index (χ1) is 8.99. The van der Waals surface area contributed by atoms with E-state index in [2.05, 4.69) is 36.0 Å². The molecule has 0 saturated heterocycles. The summed E-state index contributed by atoms with van der Waals surface area (Å²) >= 11 is 0. The second kappa shape index (κ2) is 7.14. The Labute approximate surface area is 115 Å². The summed E-state index contributed by atoms with van der Waals surface area (Å²) in [5.74, 6) is 0.632. The zero-order chi connectivity index (χ0) is 14.3. The Bertz CT molecular complexity index is 398. The Morgan fingerprint density at radius 3 is 2.42 bits per heavy atom. The highest BCUT2D eigenvalue weighted by atomic mass is 16.5. The number of nitrogens with one attached hydrogen (secondary N) is 1. The van der Waals surface area contributed by atoms with Gasteiger partial charge in [-0.2, -0.15) is 0 Å². The van der Waals surface area contributed by atoms with Crippen LogP contribution in [0.3, 0.4) is 0 Å². The van der Waals surface area contributed by atoms with Crippen LogP contribution in [0.2, 0.25) is 0 Å². The molecular formula is C15H23NO3. The van der Waals surface area contributed by atoms with Gasteiger partial charge in [-0.05, 0) is 24.6 Å². The van der Waals surface area contributed by atoms with Crippen LogP contribution in [0.25, 0.3) is 0 Å². The highest BCUT2D eigenvalue weighted by Crippen LogP contribution is 2.24. The topological polar surface area (TPSA) is 47.6 Å². The Morgan fingerprint density at radius 2 is 1.89 bits per heavy atom. The van der Waals surface area contributed by atoms with E-state index < -0.39 is 0 Å². The summed E-state index contributed by atoms with van der Waals surface area (Å²) in [5, 5.41) is 3.11. The summed E-state index contributed by atoms with van der Waals surface area (Å²) in [4.78, 5) is 11.0. The van der Waals surface area contributed by atoms with Crippen LogP contribution >= 0.6 is 0 Å². The smallest absolute Gasteiger partial charge is 0.319 e. The van der Waals surface area contributed by atoms with Gasteiger partial charge in [0.1, 0.15) is 5.75 Å². The summed E-state index contributed by atoms with van der Waals surface area (Å²) in [6.45, 7) is 7.84. The average molecular weight is 265 g/mol. The number of carbonyl (C=O) groups is 1. The van der Waals surface area contributed by atoms with Crippen LogP contribution in [-0.2, 0) is 14.9 Å². The molecule has 1 aromatic rings. The van der Waals surface area contributed by atoms with Gasteiger partial charge < -0.3 is 14.8 Å². The van der Waals surface area contributed by atoms with E-state index in [1.807, 2.05) is 19.1 Å². The number of methoxy groups -OCH3 is 1. The summed E-state index contributed by atoms with van der Waals surface area (Å²) < 4.78 is 10.0. The van der Waals surface area contributed by atoms with E-state index in [9.17, 15) is 4.79 Å². The fourth-order valence-electron chi connectivity index (χ4n) is 1.82. The van der Waals surface area contributed by atoms with Crippen molar-refractivity contribution >= 4 is 5.97 Å². The van der Waals surface area contributed by atoms with E-state index in [4.69, 9.17) is 4.74 Å². The molecule has 0 saturated carbocycles. The molecule has 4 heteroatoms. The van der Waals surface area contributed by atoms with Crippen LogP contribution in [0.1, 0.15) is 26.3 Å². The fourth-order valence-corrected chi connectivity index (χ4v) is 1.82. The lowest BCUT2D eigenvalue weighted by atomic mass is 9.84. The molecule has 0 aromatic heterocycles. The minimum Gasteiger partial charge on any atom is -0.494 e. The molecule has 1 N–H and O–H groups in total. The van der Waals surface area contributed by atoms with Crippen LogP contribution in [-0.4, -0.2) is 32.8 Å². The van der Waals surface area contributed by atoms with E-state index in [1.54, 1.807) is 0 Å². The molecular weight excluding hydrogens is 242 g/mol. The molecule has 106 valence electrons. The number of esters is 1. The van der Waals surface area contributed by atoms with Gasteiger partial charge in [0.25, 0.3) is 0 Å². The number of hydrogen-bond acceptors (Lipinski definition) is 4. The van der Waals surface area contributed by atoms with Gasteiger partial charge in [-0.3, -0.25) is 4.79 Å². The third-order valence-electron chi connectivity index (χ3n) is 3.01. The first-order valence-electron chi connectivity index (χ1n) is 6.50. The Balaban J connectivity index is 2.58. The lowest BCUT2D eigenvalue weighted by Crippen LogP contribution is -2.36. The van der Waals surface area contributed by atoms with E-state index in [-0.39, 0.29) is 17.9 Å². The third-order valence-corrected chi connectivity index (χ3v) is 3.01. The van der Waals surface area contributed by atoms with Crippen LogP contribution in [0.15, 0.2) is 24.3 Å². The second-order valence-corrected chi connectivity index (χ2v) is 5.02. The number of benzene rings is 1. The quantitative estimate of drug-likeness (QED) is 0.767. The van der Waals surface area contributed by atoms with Gasteiger partial charge in [-0.1, -0.05) is 26.0 Å². The van der Waals surface area contributed by atoms with Gasteiger partial charge in [0, 0.05) is 12.0 Å². The molecule has 0 fully saturated rings. The fraction of sp³-hybridized carbons (Fsp3) is 0.533. The number of hydrogen-bond donors (Lipinski definition) is 1. The van der Waals surface area contributed by atoms with Gasteiger partial charge in [0.05, 0.1) is 20.3 Å². The van der Waals surface area contributed by atoms with Crippen LogP contribution < -0.4 is 10.1 Å². The Morgan fingerprint density at radius 1 is 1.26 bits per heavy atom. The van der Waals surface area contributed by atoms with Crippen molar-refractivity contribution in [1.29, 1.82) is 0 Å². The van der Waals surface area contributed by atoms with E-state index in [0.29, 0.717) is 13.2 Å². The molecule has 4 nitrogen and oxygen atoms in total. The molecule has 0 aliphatic carbocycles. The second-order valence-electron chi connectivity index (χ2n) is 5.02. The summed E-state index contributed by atoms with van der Waals surface area (Å²) in [5.41, 5.74) is 1.15. The largest absolute Gasteiger partial charge is 0.494 e. The lowest BCUT2D eigenvalue weighted by Gasteiger charge is -2.25. The molecule has 0 amide bonds. The first kappa shape index (κ1) is 15.5. The maximum Gasteiger partial charge on any atom is 0.319 e. The molecule has 0 aliphatic heterocycles. The van der Waals surface area contributed by atoms with Crippen molar-refractivity contribution in [1.82, 2.24) is 5.32 Å². The minimum atomic E-state index is -0.248. The predicted molar refractivity (Wildman–Crippen MR) is 75.5 cm³/mol. The molecule has 1 aromatic carbocycles. The number of ether oxygens (including phenoxy) is 2. The molecule has 1 rings (SSSR count). The SMILES string of the molecule is CCOc1ccc(C(C)(C)CNCC(=O)OC)cc1. The zero-order valence-corrected chi connectivity index (χ0v) is 12.2. The lowest BCUT2D eigenvalue weighted by molar-refractivity contribution is -0.139. The average Bonchev–Trinajstić information content (AvgIpc) is 2.39. The van der Waals surface area contributed by atoms with Gasteiger partial charge in [0.2, 0.25) is 0 Å². The molecule has 0 radical (unpaired) electrons. The molecule has 0 spiro atoms.